The van der Waals surface area contributed by atoms with Gasteiger partial charge in [0.25, 0.3) is 0 Å². The molecule has 0 radical (unpaired) electrons. The second kappa shape index (κ2) is 5.04. The van der Waals surface area contributed by atoms with Gasteiger partial charge in [0.05, 0.1) is 33.2 Å². The van der Waals surface area contributed by atoms with E-state index in [0.29, 0.717) is 6.54 Å². The van der Waals surface area contributed by atoms with Crippen LogP contribution in [0.25, 0.3) is 0 Å². The normalized spacial score (nSPS) is 19.5. The van der Waals surface area contributed by atoms with Crippen LogP contribution in [0, 0.1) is 0 Å². The minimum atomic E-state index is -0.407. The lowest BCUT2D eigenvalue weighted by atomic mass is 10.2. The molecular weight excluding hydrogens is 204 g/mol. The van der Waals surface area contributed by atoms with Crippen molar-refractivity contribution in [1.29, 1.82) is 0 Å². The van der Waals surface area contributed by atoms with Crippen LogP contribution in [0.2, 0.25) is 0 Å². The number of alkyl carbamates (subject to hydrolysis) is 1. The Labute approximate surface area is 98.5 Å². The fourth-order valence-electron chi connectivity index (χ4n) is 2.06. The first-order chi connectivity index (χ1) is 7.31. The number of likely N-dealkylation sites (N-methyl/N-ethyl adjacent to an activating group) is 1. The summed E-state index contributed by atoms with van der Waals surface area (Å²) in [6.45, 7) is 9.79. The molecule has 16 heavy (non-hydrogen) atoms. The van der Waals surface area contributed by atoms with E-state index in [4.69, 9.17) is 4.74 Å². The van der Waals surface area contributed by atoms with Gasteiger partial charge in [0, 0.05) is 12.8 Å². The average molecular weight is 229 g/mol. The summed E-state index contributed by atoms with van der Waals surface area (Å²) in [6.07, 6.45) is 2.31. The van der Waals surface area contributed by atoms with Crippen molar-refractivity contribution < 1.29 is 14.0 Å². The summed E-state index contributed by atoms with van der Waals surface area (Å²) >= 11 is 0. The van der Waals surface area contributed by atoms with Gasteiger partial charge >= 0.3 is 6.09 Å². The van der Waals surface area contributed by atoms with E-state index >= 15 is 0 Å². The van der Waals surface area contributed by atoms with Crippen LogP contribution in [-0.4, -0.2) is 49.4 Å². The second-order valence-corrected chi connectivity index (χ2v) is 5.93. The van der Waals surface area contributed by atoms with E-state index in [1.807, 2.05) is 20.8 Å². The number of quaternary nitrogens is 1. The Hall–Kier alpha value is -0.770. The van der Waals surface area contributed by atoms with Gasteiger partial charge in [-0.25, -0.2) is 4.79 Å². The predicted octanol–water partition coefficient (Wildman–Crippen LogP) is 1.75. The predicted molar refractivity (Wildman–Crippen MR) is 64.3 cm³/mol. The molecule has 94 valence electrons. The number of ether oxygens (including phenoxy) is 1. The van der Waals surface area contributed by atoms with Gasteiger partial charge in [-0.05, 0) is 20.8 Å². The molecular formula is C12H25N2O2+. The third-order valence-electron chi connectivity index (χ3n) is 2.97. The Morgan fingerprint density at radius 1 is 1.31 bits per heavy atom. The number of nitrogens with one attached hydrogen (secondary N) is 1. The number of amides is 1. The molecule has 4 heteroatoms. The molecule has 0 aromatic carbocycles. The first-order valence-corrected chi connectivity index (χ1v) is 6.11. The Kier molecular flexibility index (Phi) is 4.19. The van der Waals surface area contributed by atoms with Gasteiger partial charge in [-0.1, -0.05) is 0 Å². The molecule has 0 aromatic rings. The van der Waals surface area contributed by atoms with Crippen LogP contribution >= 0.6 is 0 Å². The van der Waals surface area contributed by atoms with E-state index in [1.54, 1.807) is 0 Å². The highest BCUT2D eigenvalue weighted by molar-refractivity contribution is 5.67. The summed E-state index contributed by atoms with van der Waals surface area (Å²) in [4.78, 5) is 11.4. The quantitative estimate of drug-likeness (QED) is 0.749. The summed E-state index contributed by atoms with van der Waals surface area (Å²) in [5.41, 5.74) is -0.407. The number of hydrogen-bond donors (Lipinski definition) is 1. The Bertz CT molecular complexity index is 240. The summed E-state index contributed by atoms with van der Waals surface area (Å²) in [5.74, 6) is 0. The van der Waals surface area contributed by atoms with Crippen LogP contribution in [0.4, 0.5) is 4.79 Å². The second-order valence-electron chi connectivity index (χ2n) is 5.93. The van der Waals surface area contributed by atoms with Gasteiger partial charge in [-0.2, -0.15) is 0 Å². The van der Waals surface area contributed by atoms with E-state index in [1.165, 1.54) is 25.9 Å². The topological polar surface area (TPSA) is 38.3 Å². The Balaban J connectivity index is 2.18. The fraction of sp³-hybridized carbons (Fsp3) is 0.917. The molecule has 1 fully saturated rings. The van der Waals surface area contributed by atoms with E-state index < -0.39 is 5.60 Å². The minimum absolute atomic E-state index is 0.307. The maximum atomic E-state index is 11.4. The monoisotopic (exact) mass is 229 g/mol. The molecule has 1 N–H and O–H groups in total. The SMILES string of the molecule is CC(C)(C)OC(=O)NCC[N+]1(C)CCCC1. The summed E-state index contributed by atoms with van der Waals surface area (Å²) < 4.78 is 6.26. The Morgan fingerprint density at radius 2 is 1.88 bits per heavy atom. The van der Waals surface area contributed by atoms with Gasteiger partial charge in [-0.3, -0.25) is 0 Å². The number of hydrogen-bond acceptors (Lipinski definition) is 2. The number of rotatable bonds is 3. The lowest BCUT2D eigenvalue weighted by Gasteiger charge is -2.29. The molecule has 0 aromatic heterocycles. The average Bonchev–Trinajstić information content (AvgIpc) is 2.49. The van der Waals surface area contributed by atoms with Crippen LogP contribution in [0.1, 0.15) is 33.6 Å². The highest BCUT2D eigenvalue weighted by atomic mass is 16.6. The third kappa shape index (κ3) is 4.84. The van der Waals surface area contributed by atoms with Crippen LogP contribution in [0.15, 0.2) is 0 Å². The fourth-order valence-corrected chi connectivity index (χ4v) is 2.06. The van der Waals surface area contributed by atoms with Crippen molar-refractivity contribution in [3.05, 3.63) is 0 Å². The lowest BCUT2D eigenvalue weighted by molar-refractivity contribution is -0.896. The maximum absolute atomic E-state index is 11.4. The zero-order valence-corrected chi connectivity index (χ0v) is 11.0. The van der Waals surface area contributed by atoms with Crippen molar-refractivity contribution in [2.75, 3.05) is 33.2 Å². The summed E-state index contributed by atoms with van der Waals surface area (Å²) in [6, 6.07) is 0. The largest absolute Gasteiger partial charge is 0.444 e. The van der Waals surface area contributed by atoms with Gasteiger partial charge in [0.2, 0.25) is 0 Å². The molecule has 0 aliphatic carbocycles. The molecule has 0 bridgehead atoms. The molecule has 1 heterocycles. The zero-order chi connectivity index (χ0) is 12.2. The number of likely N-dealkylation sites (tertiary alicyclic amines) is 1. The van der Waals surface area contributed by atoms with Crippen molar-refractivity contribution in [2.45, 2.75) is 39.2 Å². The molecule has 1 amide bonds. The lowest BCUT2D eigenvalue weighted by Crippen LogP contribution is -2.46. The minimum Gasteiger partial charge on any atom is -0.444 e. The zero-order valence-electron chi connectivity index (χ0n) is 11.0. The van der Waals surface area contributed by atoms with E-state index in [0.717, 1.165) is 11.0 Å². The Morgan fingerprint density at radius 3 is 2.38 bits per heavy atom. The standard InChI is InChI=1S/C12H24N2O2/c1-12(2,3)16-11(15)13-7-10-14(4)8-5-6-9-14/h5-10H2,1-4H3/p+1. The molecule has 1 rings (SSSR count). The number of carbonyl (C=O) groups is 1. The van der Waals surface area contributed by atoms with Crippen molar-refractivity contribution in [1.82, 2.24) is 5.32 Å². The molecule has 0 unspecified atom stereocenters. The van der Waals surface area contributed by atoms with Crippen LogP contribution in [0.3, 0.4) is 0 Å². The van der Waals surface area contributed by atoms with E-state index in [9.17, 15) is 4.79 Å². The van der Waals surface area contributed by atoms with Gasteiger partial charge < -0.3 is 14.5 Å². The van der Waals surface area contributed by atoms with Crippen LogP contribution in [0.5, 0.6) is 0 Å². The number of nitrogens with zero attached hydrogens (tertiary/aromatic N) is 1. The molecule has 0 spiro atoms. The maximum Gasteiger partial charge on any atom is 0.407 e. The first kappa shape index (κ1) is 13.3. The van der Waals surface area contributed by atoms with Gasteiger partial charge in [0.1, 0.15) is 5.60 Å². The molecule has 1 aliphatic rings. The van der Waals surface area contributed by atoms with Crippen LogP contribution < -0.4 is 5.32 Å². The van der Waals surface area contributed by atoms with Gasteiger partial charge in [0.15, 0.2) is 0 Å². The molecule has 1 saturated heterocycles. The molecule has 4 nitrogen and oxygen atoms in total. The highest BCUT2D eigenvalue weighted by Crippen LogP contribution is 2.15. The first-order valence-electron chi connectivity index (χ1n) is 6.11. The van der Waals surface area contributed by atoms with Crippen LogP contribution in [-0.2, 0) is 4.74 Å². The van der Waals surface area contributed by atoms with Gasteiger partial charge in [-0.15, -0.1) is 0 Å². The molecule has 1 aliphatic heterocycles. The number of carbonyl (C=O) groups excluding carboxylic acids is 1. The van der Waals surface area contributed by atoms with Crippen molar-refractivity contribution in [3.63, 3.8) is 0 Å². The molecule has 0 saturated carbocycles. The highest BCUT2D eigenvalue weighted by Gasteiger charge is 2.26. The third-order valence-corrected chi connectivity index (χ3v) is 2.97. The van der Waals surface area contributed by atoms with Crippen molar-refractivity contribution >= 4 is 6.09 Å². The van der Waals surface area contributed by atoms with Crippen molar-refractivity contribution in [2.24, 2.45) is 0 Å². The summed E-state index contributed by atoms with van der Waals surface area (Å²) in [7, 11) is 2.25. The van der Waals surface area contributed by atoms with Crippen molar-refractivity contribution in [3.8, 4) is 0 Å². The summed E-state index contributed by atoms with van der Waals surface area (Å²) in [5, 5.41) is 2.81. The van der Waals surface area contributed by atoms with E-state index in [-0.39, 0.29) is 6.09 Å². The smallest absolute Gasteiger partial charge is 0.407 e. The molecule has 0 atom stereocenters. The van der Waals surface area contributed by atoms with E-state index in [2.05, 4.69) is 12.4 Å².